The molecule has 0 saturated carbocycles. The molecule has 1 aliphatic heterocycles. The first-order valence-electron chi connectivity index (χ1n) is 8.39. The van der Waals surface area contributed by atoms with E-state index >= 15 is 0 Å². The number of aryl methyl sites for hydroxylation is 1. The molecular weight excluding hydrogens is 391 g/mol. The van der Waals surface area contributed by atoms with Crippen molar-refractivity contribution >= 4 is 27.7 Å². The minimum Gasteiger partial charge on any atom is -0.489 e. The van der Waals surface area contributed by atoms with Crippen molar-refractivity contribution in [1.82, 2.24) is 9.29 Å². The van der Waals surface area contributed by atoms with E-state index in [1.54, 1.807) is 12.1 Å². The highest BCUT2D eigenvalue weighted by molar-refractivity contribution is 7.83. The number of pyridine rings is 1. The van der Waals surface area contributed by atoms with E-state index in [-0.39, 0.29) is 24.5 Å². The van der Waals surface area contributed by atoms with Crippen LogP contribution in [0.25, 0.3) is 0 Å². The van der Waals surface area contributed by atoms with Gasteiger partial charge in [-0.05, 0) is 31.5 Å². The van der Waals surface area contributed by atoms with Crippen LogP contribution in [0.15, 0.2) is 36.5 Å². The number of amides is 2. The van der Waals surface area contributed by atoms with Crippen LogP contribution in [-0.4, -0.2) is 47.5 Å². The van der Waals surface area contributed by atoms with Gasteiger partial charge in [-0.25, -0.2) is 9.18 Å². The molecule has 2 aromatic rings. The minimum atomic E-state index is -4.28. The predicted molar refractivity (Wildman–Crippen MR) is 100 cm³/mol. The van der Waals surface area contributed by atoms with Crippen molar-refractivity contribution in [3.8, 4) is 5.75 Å². The van der Waals surface area contributed by atoms with Gasteiger partial charge in [0.1, 0.15) is 17.7 Å². The van der Waals surface area contributed by atoms with Crippen LogP contribution in [0.1, 0.15) is 12.1 Å². The monoisotopic (exact) mass is 410 g/mol. The van der Waals surface area contributed by atoms with Gasteiger partial charge in [-0.15, -0.1) is 0 Å². The molecule has 0 spiro atoms. The number of rotatable bonds is 5. The molecule has 28 heavy (non-hydrogen) atoms. The molecule has 1 unspecified atom stereocenters. The van der Waals surface area contributed by atoms with E-state index in [9.17, 15) is 17.6 Å². The summed E-state index contributed by atoms with van der Waals surface area (Å²) >= 11 is 0. The molecule has 9 nitrogen and oxygen atoms in total. The average Bonchev–Trinajstić information content (AvgIpc) is 3.05. The molecule has 150 valence electrons. The van der Waals surface area contributed by atoms with Crippen molar-refractivity contribution in [2.24, 2.45) is 0 Å². The molecule has 3 N–H and O–H groups in total. The molecule has 1 aromatic heterocycles. The third kappa shape index (κ3) is 5.38. The van der Waals surface area contributed by atoms with Crippen LogP contribution < -0.4 is 15.4 Å². The Kier molecular flexibility index (Phi) is 5.77. The Labute approximate surface area is 161 Å². The largest absolute Gasteiger partial charge is 0.489 e. The van der Waals surface area contributed by atoms with Crippen LogP contribution in [0.4, 0.5) is 20.6 Å². The van der Waals surface area contributed by atoms with Gasteiger partial charge < -0.3 is 15.4 Å². The lowest BCUT2D eigenvalue weighted by Gasteiger charge is -2.15. The molecule has 1 aliphatic rings. The van der Waals surface area contributed by atoms with E-state index < -0.39 is 28.3 Å². The fourth-order valence-electron chi connectivity index (χ4n) is 2.73. The van der Waals surface area contributed by atoms with Crippen LogP contribution in [-0.2, 0) is 10.3 Å². The summed E-state index contributed by atoms with van der Waals surface area (Å²) in [6.45, 7) is 1.88. The summed E-state index contributed by atoms with van der Waals surface area (Å²) in [4.78, 5) is 16.1. The quantitative estimate of drug-likeness (QED) is 0.651. The Balaban J connectivity index is 1.63. The minimum absolute atomic E-state index is 0.0426. The average molecular weight is 410 g/mol. The van der Waals surface area contributed by atoms with Crippen molar-refractivity contribution in [3.05, 3.63) is 48.0 Å². The van der Waals surface area contributed by atoms with Crippen LogP contribution in [0.3, 0.4) is 0 Å². The number of benzene rings is 1. The summed E-state index contributed by atoms with van der Waals surface area (Å²) in [6, 6.07) is 6.51. The summed E-state index contributed by atoms with van der Waals surface area (Å²) in [5.41, 5.74) is 1.45. The number of hydrogen-bond donors (Lipinski definition) is 3. The molecule has 1 fully saturated rings. The summed E-state index contributed by atoms with van der Waals surface area (Å²) in [5, 5.41) is 5.08. The lowest BCUT2D eigenvalue weighted by molar-refractivity contribution is 0.213. The van der Waals surface area contributed by atoms with Gasteiger partial charge in [-0.3, -0.25) is 9.54 Å². The zero-order chi connectivity index (χ0) is 20.3. The molecule has 2 heterocycles. The van der Waals surface area contributed by atoms with E-state index in [2.05, 4.69) is 15.6 Å². The van der Waals surface area contributed by atoms with Crippen molar-refractivity contribution in [2.45, 2.75) is 19.4 Å². The maximum absolute atomic E-state index is 13.9. The van der Waals surface area contributed by atoms with E-state index in [1.807, 2.05) is 6.92 Å². The van der Waals surface area contributed by atoms with Gasteiger partial charge in [0, 0.05) is 30.1 Å². The fraction of sp³-hybridized carbons (Fsp3) is 0.294. The number of aromatic nitrogens is 1. The number of carbonyl (C=O) groups excluding carboxylic acids is 1. The summed E-state index contributed by atoms with van der Waals surface area (Å²) < 4.78 is 51.7. The van der Waals surface area contributed by atoms with Gasteiger partial charge in [0.15, 0.2) is 0 Å². The number of nitrogens with one attached hydrogen (secondary N) is 2. The predicted octanol–water partition coefficient (Wildman–Crippen LogP) is 2.43. The Morgan fingerprint density at radius 3 is 2.68 bits per heavy atom. The van der Waals surface area contributed by atoms with E-state index in [0.29, 0.717) is 12.1 Å². The van der Waals surface area contributed by atoms with Gasteiger partial charge in [0.25, 0.3) is 0 Å². The molecule has 3 rings (SSSR count). The Morgan fingerprint density at radius 2 is 2.04 bits per heavy atom. The first kappa shape index (κ1) is 20.0. The van der Waals surface area contributed by atoms with Crippen LogP contribution in [0, 0.1) is 12.7 Å². The van der Waals surface area contributed by atoms with Crippen molar-refractivity contribution < 1.29 is 26.9 Å². The Bertz CT molecular complexity index is 968. The zero-order valence-electron chi connectivity index (χ0n) is 14.9. The smallest absolute Gasteiger partial charge is 0.336 e. The van der Waals surface area contributed by atoms with Gasteiger partial charge >= 0.3 is 16.3 Å². The number of halogens is 1. The van der Waals surface area contributed by atoms with Crippen LogP contribution in [0.2, 0.25) is 0 Å². The standard InChI is InChI=1S/C17H19FN4O5S/c1-11-2-3-13(9-19-11)20-17(23)21-14-6-12(18)7-16(8-14)27-15-4-5-22(10-15)28(24,25)26/h2-3,6-9,15H,4-5,10H2,1H3,(H2,20,21,23)(H,24,25,26). The maximum Gasteiger partial charge on any atom is 0.336 e. The molecule has 0 aliphatic carbocycles. The highest BCUT2D eigenvalue weighted by Gasteiger charge is 2.31. The van der Waals surface area contributed by atoms with Crippen molar-refractivity contribution in [1.29, 1.82) is 0 Å². The van der Waals surface area contributed by atoms with Crippen molar-refractivity contribution in [2.75, 3.05) is 23.7 Å². The molecular formula is C17H19FN4O5S. The number of hydrogen-bond acceptors (Lipinski definition) is 5. The first-order valence-corrected chi connectivity index (χ1v) is 9.79. The van der Waals surface area contributed by atoms with Crippen molar-refractivity contribution in [3.63, 3.8) is 0 Å². The van der Waals surface area contributed by atoms with Gasteiger partial charge in [-0.2, -0.15) is 12.7 Å². The summed E-state index contributed by atoms with van der Waals surface area (Å²) in [6.07, 6.45) is 1.31. The second-order valence-electron chi connectivity index (χ2n) is 6.31. The lowest BCUT2D eigenvalue weighted by Crippen LogP contribution is -2.30. The number of ether oxygens (including phenoxy) is 1. The third-order valence-corrected chi connectivity index (χ3v) is 5.02. The number of anilines is 2. The second kappa shape index (κ2) is 8.09. The first-order chi connectivity index (χ1) is 13.2. The van der Waals surface area contributed by atoms with Crippen LogP contribution in [0.5, 0.6) is 5.75 Å². The number of urea groups is 1. The fourth-order valence-corrected chi connectivity index (χ4v) is 3.42. The number of nitrogens with zero attached hydrogens (tertiary/aromatic N) is 2. The molecule has 1 aromatic carbocycles. The van der Waals surface area contributed by atoms with Gasteiger partial charge in [0.2, 0.25) is 0 Å². The highest BCUT2D eigenvalue weighted by Crippen LogP contribution is 2.24. The molecule has 11 heteroatoms. The SMILES string of the molecule is Cc1ccc(NC(=O)Nc2cc(F)cc(OC3CCN(S(=O)(=O)O)C3)c2)cn1. The van der Waals surface area contributed by atoms with E-state index in [1.165, 1.54) is 12.3 Å². The Morgan fingerprint density at radius 1 is 1.29 bits per heavy atom. The lowest BCUT2D eigenvalue weighted by atomic mass is 10.2. The maximum atomic E-state index is 13.9. The number of carbonyl (C=O) groups is 1. The topological polar surface area (TPSA) is 121 Å². The summed E-state index contributed by atoms with van der Waals surface area (Å²) in [5.74, 6) is -0.496. The third-order valence-electron chi connectivity index (χ3n) is 4.04. The molecule has 2 amide bonds. The van der Waals surface area contributed by atoms with Gasteiger partial charge in [-0.1, -0.05) is 0 Å². The van der Waals surface area contributed by atoms with Gasteiger partial charge in [0.05, 0.1) is 18.4 Å². The molecule has 0 bridgehead atoms. The van der Waals surface area contributed by atoms with E-state index in [0.717, 1.165) is 22.1 Å². The normalized spacial score (nSPS) is 17.3. The Hall–Kier alpha value is -2.76. The molecule has 1 atom stereocenters. The van der Waals surface area contributed by atoms with Crippen LogP contribution >= 0.6 is 0 Å². The van der Waals surface area contributed by atoms with E-state index in [4.69, 9.17) is 9.29 Å². The highest BCUT2D eigenvalue weighted by atomic mass is 32.2. The molecule has 1 saturated heterocycles. The molecule has 0 radical (unpaired) electrons. The second-order valence-corrected chi connectivity index (χ2v) is 7.72. The summed E-state index contributed by atoms with van der Waals surface area (Å²) in [7, 11) is -4.28. The zero-order valence-corrected chi connectivity index (χ0v) is 15.7.